The molecule has 0 radical (unpaired) electrons. The lowest BCUT2D eigenvalue weighted by Gasteiger charge is -2.30. The molecule has 12 heteroatoms. The van der Waals surface area contributed by atoms with Crippen LogP contribution in [0.2, 0.25) is 0 Å². The lowest BCUT2D eigenvalue weighted by Crippen LogP contribution is -2.54. The van der Waals surface area contributed by atoms with Gasteiger partial charge in [0, 0.05) is 12.3 Å². The Bertz CT molecular complexity index is 580. The van der Waals surface area contributed by atoms with Gasteiger partial charge in [-0.25, -0.2) is 4.79 Å². The maximum atomic E-state index is 12.0. The Morgan fingerprint density at radius 3 is 2.76 bits per heavy atom. The van der Waals surface area contributed by atoms with Gasteiger partial charge in [-0.2, -0.15) is 0 Å². The zero-order valence-electron chi connectivity index (χ0n) is 13.6. The van der Waals surface area contributed by atoms with E-state index >= 15 is 0 Å². The van der Waals surface area contributed by atoms with Crippen molar-refractivity contribution >= 4 is 12.0 Å². The summed E-state index contributed by atoms with van der Waals surface area (Å²) in [5.41, 5.74) is 0. The van der Waals surface area contributed by atoms with E-state index in [-0.39, 0.29) is 17.4 Å². The van der Waals surface area contributed by atoms with Gasteiger partial charge in [0.2, 0.25) is 0 Å². The van der Waals surface area contributed by atoms with E-state index in [0.717, 1.165) is 11.1 Å². The minimum absolute atomic E-state index is 0.138. The predicted molar refractivity (Wildman–Crippen MR) is 77.6 cm³/mol. The fourth-order valence-corrected chi connectivity index (χ4v) is 2.30. The van der Waals surface area contributed by atoms with E-state index in [1.807, 2.05) is 0 Å². The minimum atomic E-state index is -1.46. The Morgan fingerprint density at radius 1 is 1.52 bits per heavy atom. The maximum absolute atomic E-state index is 12.0. The molecule has 140 valence electrons. The predicted octanol–water partition coefficient (Wildman–Crippen LogP) is -1.15. The van der Waals surface area contributed by atoms with Gasteiger partial charge in [0.25, 0.3) is 6.17 Å². The molecular weight excluding hydrogens is 340 g/mol. The SMILES string of the molecule is CC(C)C(=O)OC[C@H]1O[C@@H](N2C=CC([N+]([O-])=NO)NC2=O)[C@H](O)[C@@H]1O. The second kappa shape index (κ2) is 7.63. The zero-order chi connectivity index (χ0) is 18.7. The van der Waals surface area contributed by atoms with Crippen LogP contribution in [0.3, 0.4) is 0 Å². The molecule has 0 spiro atoms. The first-order chi connectivity index (χ1) is 11.8. The summed E-state index contributed by atoms with van der Waals surface area (Å²) in [6.07, 6.45) is -3.98. The summed E-state index contributed by atoms with van der Waals surface area (Å²) in [5.74, 6) is -0.852. The van der Waals surface area contributed by atoms with Crippen LogP contribution in [-0.2, 0) is 14.3 Å². The molecule has 1 unspecified atom stereocenters. The van der Waals surface area contributed by atoms with Crippen molar-refractivity contribution in [2.45, 2.75) is 44.6 Å². The third kappa shape index (κ3) is 3.97. The van der Waals surface area contributed by atoms with Crippen LogP contribution in [0.5, 0.6) is 0 Å². The number of ether oxygens (including phenoxy) is 2. The first-order valence-electron chi connectivity index (χ1n) is 7.53. The third-order valence-electron chi connectivity index (χ3n) is 3.73. The Hall–Kier alpha value is -2.44. The van der Waals surface area contributed by atoms with Crippen LogP contribution in [0.15, 0.2) is 17.6 Å². The second-order valence-electron chi connectivity index (χ2n) is 5.87. The maximum Gasteiger partial charge on any atom is 0.328 e. The normalized spacial score (nSPS) is 32.8. The molecule has 0 aromatic heterocycles. The molecule has 0 aromatic rings. The van der Waals surface area contributed by atoms with E-state index in [0.29, 0.717) is 0 Å². The zero-order valence-corrected chi connectivity index (χ0v) is 13.6. The average Bonchev–Trinajstić information content (AvgIpc) is 2.86. The summed E-state index contributed by atoms with van der Waals surface area (Å²) in [6.45, 7) is 3.00. The summed E-state index contributed by atoms with van der Waals surface area (Å²) < 4.78 is 10.4. The van der Waals surface area contributed by atoms with Crippen molar-refractivity contribution in [2.24, 2.45) is 11.2 Å². The molecule has 0 bridgehead atoms. The lowest BCUT2D eigenvalue weighted by atomic mass is 10.1. The van der Waals surface area contributed by atoms with E-state index in [2.05, 4.69) is 10.6 Å². The van der Waals surface area contributed by atoms with Crippen LogP contribution in [0, 0.1) is 11.1 Å². The largest absolute Gasteiger partial charge is 0.595 e. The van der Waals surface area contributed by atoms with Crippen LogP contribution >= 0.6 is 0 Å². The molecule has 5 atom stereocenters. The number of carbonyl (C=O) groups is 2. The summed E-state index contributed by atoms with van der Waals surface area (Å²) >= 11 is 0. The summed E-state index contributed by atoms with van der Waals surface area (Å²) in [4.78, 5) is 24.3. The molecule has 1 saturated heterocycles. The highest BCUT2D eigenvalue weighted by Crippen LogP contribution is 2.26. The first kappa shape index (κ1) is 18.9. The average molecular weight is 360 g/mol. The number of hydrogen-bond donors (Lipinski definition) is 4. The van der Waals surface area contributed by atoms with Crippen LogP contribution in [-0.4, -0.2) is 74.5 Å². The molecule has 4 N–H and O–H groups in total. The van der Waals surface area contributed by atoms with E-state index in [9.17, 15) is 25.0 Å². The minimum Gasteiger partial charge on any atom is -0.595 e. The van der Waals surface area contributed by atoms with Gasteiger partial charge in [-0.1, -0.05) is 13.8 Å². The summed E-state index contributed by atoms with van der Waals surface area (Å²) in [5, 5.41) is 44.3. The van der Waals surface area contributed by atoms with Gasteiger partial charge in [-0.3, -0.25) is 15.0 Å². The number of aliphatic hydroxyl groups excluding tert-OH is 2. The summed E-state index contributed by atoms with van der Waals surface area (Å²) in [6, 6.07) is -0.812. The number of nitrogens with zero attached hydrogens (tertiary/aromatic N) is 3. The molecule has 12 nitrogen and oxygen atoms in total. The van der Waals surface area contributed by atoms with Crippen molar-refractivity contribution in [1.82, 2.24) is 10.2 Å². The molecule has 2 heterocycles. The highest BCUT2D eigenvalue weighted by molar-refractivity contribution is 5.77. The number of amides is 2. The fraction of sp³-hybridized carbons (Fsp3) is 0.692. The van der Waals surface area contributed by atoms with Gasteiger partial charge in [0.1, 0.15) is 24.9 Å². The number of aliphatic hydroxyl groups is 2. The Kier molecular flexibility index (Phi) is 5.77. The van der Waals surface area contributed by atoms with Gasteiger partial charge < -0.3 is 30.1 Å². The third-order valence-corrected chi connectivity index (χ3v) is 3.73. The number of rotatable bonds is 5. The van der Waals surface area contributed by atoms with E-state index in [1.165, 1.54) is 6.08 Å². The van der Waals surface area contributed by atoms with Crippen molar-refractivity contribution < 1.29 is 39.3 Å². The Morgan fingerprint density at radius 2 is 2.20 bits per heavy atom. The van der Waals surface area contributed by atoms with Crippen LogP contribution < -0.4 is 5.32 Å². The van der Waals surface area contributed by atoms with Crippen molar-refractivity contribution in [3.63, 3.8) is 0 Å². The number of carbonyl (C=O) groups excluding carboxylic acids is 2. The second-order valence-corrected chi connectivity index (χ2v) is 5.87. The number of esters is 1. The van der Waals surface area contributed by atoms with Crippen LogP contribution in [0.1, 0.15) is 13.8 Å². The monoisotopic (exact) mass is 360 g/mol. The number of hydroxylamine groups is 1. The molecule has 2 rings (SSSR count). The Balaban J connectivity index is 2.03. The topological polar surface area (TPSA) is 167 Å². The highest BCUT2D eigenvalue weighted by atomic mass is 16.6. The van der Waals surface area contributed by atoms with Crippen molar-refractivity contribution in [2.75, 3.05) is 6.61 Å². The number of hydrogen-bond acceptors (Lipinski definition) is 8. The van der Waals surface area contributed by atoms with Gasteiger partial charge in [0.15, 0.2) is 11.5 Å². The standard InChI is InChI=1S/C13H20N4O8/c1-6(2)12(20)24-5-7-9(18)10(19)11(25-7)16-4-3-8(14-13(16)21)17(23)15-22/h3-4,6-11,18-19,22H,5H2,1-2H3,(H,14,21)/t7-,8?,9-,10-,11-/m1/s1. The van der Waals surface area contributed by atoms with Gasteiger partial charge in [0.05, 0.1) is 5.92 Å². The summed E-state index contributed by atoms with van der Waals surface area (Å²) in [7, 11) is 0. The molecule has 0 aromatic carbocycles. The van der Waals surface area contributed by atoms with Gasteiger partial charge in [-0.05, 0) is 4.86 Å². The van der Waals surface area contributed by atoms with Crippen molar-refractivity contribution in [3.8, 4) is 0 Å². The molecule has 2 aliphatic heterocycles. The van der Waals surface area contributed by atoms with Crippen molar-refractivity contribution in [1.29, 1.82) is 0 Å². The molecule has 2 amide bonds. The first-order valence-corrected chi connectivity index (χ1v) is 7.53. The van der Waals surface area contributed by atoms with Crippen molar-refractivity contribution in [3.05, 3.63) is 17.5 Å². The van der Waals surface area contributed by atoms with Crippen LogP contribution in [0.4, 0.5) is 4.79 Å². The molecular formula is C13H20N4O8. The van der Waals surface area contributed by atoms with Gasteiger partial charge >= 0.3 is 12.0 Å². The molecule has 0 saturated carbocycles. The lowest BCUT2D eigenvalue weighted by molar-refractivity contribution is -0.584. The quantitative estimate of drug-likeness (QED) is 0.206. The fourth-order valence-electron chi connectivity index (χ4n) is 2.30. The van der Waals surface area contributed by atoms with E-state index in [1.54, 1.807) is 13.8 Å². The van der Waals surface area contributed by atoms with E-state index in [4.69, 9.17) is 14.7 Å². The molecule has 25 heavy (non-hydrogen) atoms. The molecule has 1 fully saturated rings. The van der Waals surface area contributed by atoms with E-state index < -0.39 is 42.7 Å². The molecule has 0 aliphatic carbocycles. The molecule has 2 aliphatic rings. The highest BCUT2D eigenvalue weighted by Gasteiger charge is 2.48. The number of nitrogens with one attached hydrogen (secondary N) is 1. The van der Waals surface area contributed by atoms with Gasteiger partial charge in [-0.15, -0.1) is 0 Å². The van der Waals surface area contributed by atoms with Crippen LogP contribution in [0.25, 0.3) is 0 Å². The number of urea groups is 1. The smallest absolute Gasteiger partial charge is 0.328 e. The Labute approximate surface area is 142 Å².